The summed E-state index contributed by atoms with van der Waals surface area (Å²) < 4.78 is 0. The lowest BCUT2D eigenvalue weighted by atomic mass is 9.93. The van der Waals surface area contributed by atoms with E-state index >= 15 is 0 Å². The first-order chi connectivity index (χ1) is 15.8. The highest BCUT2D eigenvalue weighted by Gasteiger charge is 2.17. The van der Waals surface area contributed by atoms with Crippen molar-refractivity contribution in [2.24, 2.45) is 0 Å². The van der Waals surface area contributed by atoms with Gasteiger partial charge in [0.05, 0.1) is 11.0 Å². The molecule has 164 valence electrons. The third kappa shape index (κ3) is 3.92. The first-order valence-corrected chi connectivity index (χ1v) is 12.7. The lowest BCUT2D eigenvalue weighted by Crippen LogP contribution is -1.98. The number of unbranched alkanes of at least 4 members (excludes halogenated alkanes) is 6. The van der Waals surface area contributed by atoms with Crippen molar-refractivity contribution in [3.05, 3.63) is 59.9 Å². The zero-order valence-corrected chi connectivity index (χ0v) is 19.6. The molecule has 2 nitrogen and oxygen atoms in total. The molecule has 3 aromatic carbocycles. The number of aryl methyl sites for hydroxylation is 2. The van der Waals surface area contributed by atoms with Crippen LogP contribution in [0.2, 0.25) is 0 Å². The molecule has 0 aliphatic heterocycles. The molecule has 0 spiro atoms. The third-order valence-electron chi connectivity index (χ3n) is 6.91. The van der Waals surface area contributed by atoms with Crippen molar-refractivity contribution in [1.82, 2.24) is 9.97 Å². The molecule has 0 bridgehead atoms. The van der Waals surface area contributed by atoms with Gasteiger partial charge in [-0.1, -0.05) is 88.8 Å². The Morgan fingerprint density at radius 1 is 0.562 bits per heavy atom. The molecule has 0 atom stereocenters. The molecule has 5 aromatic rings. The van der Waals surface area contributed by atoms with Gasteiger partial charge >= 0.3 is 0 Å². The highest BCUT2D eigenvalue weighted by Crippen LogP contribution is 2.39. The molecule has 0 radical (unpaired) electrons. The Morgan fingerprint density at radius 3 is 1.47 bits per heavy atom. The smallest absolute Gasteiger partial charge is 0.0797 e. The standard InChI is InChI=1S/C30H34N2/c1-3-5-7-9-13-23-19-21-17-18-22-20-24(14-10-8-6-4-2)32-30-26-16-12-11-15-25(26)29(31-23)27(21)28(22)30/h11-12,15-20H,3-10,13-14H2,1-2H3. The van der Waals surface area contributed by atoms with Crippen molar-refractivity contribution in [1.29, 1.82) is 0 Å². The topological polar surface area (TPSA) is 25.8 Å². The molecule has 0 saturated heterocycles. The monoisotopic (exact) mass is 422 g/mol. The Morgan fingerprint density at radius 2 is 1.03 bits per heavy atom. The maximum Gasteiger partial charge on any atom is 0.0797 e. The van der Waals surface area contributed by atoms with Crippen LogP contribution in [0.15, 0.2) is 48.5 Å². The number of rotatable bonds is 10. The summed E-state index contributed by atoms with van der Waals surface area (Å²) >= 11 is 0. The first-order valence-electron chi connectivity index (χ1n) is 12.7. The number of hydrogen-bond acceptors (Lipinski definition) is 2. The van der Waals surface area contributed by atoms with Gasteiger partial charge in [0.25, 0.3) is 0 Å². The third-order valence-corrected chi connectivity index (χ3v) is 6.91. The second-order valence-electron chi connectivity index (χ2n) is 9.35. The number of aromatic nitrogens is 2. The van der Waals surface area contributed by atoms with Crippen molar-refractivity contribution in [3.8, 4) is 0 Å². The Hall–Kier alpha value is -2.74. The molecule has 0 amide bonds. The van der Waals surface area contributed by atoms with Crippen molar-refractivity contribution < 1.29 is 0 Å². The zero-order chi connectivity index (χ0) is 21.9. The summed E-state index contributed by atoms with van der Waals surface area (Å²) in [5.41, 5.74) is 4.75. The van der Waals surface area contributed by atoms with Crippen molar-refractivity contribution in [2.75, 3.05) is 0 Å². The van der Waals surface area contributed by atoms with Crippen LogP contribution < -0.4 is 0 Å². The van der Waals surface area contributed by atoms with Gasteiger partial charge in [-0.2, -0.15) is 0 Å². The van der Waals surface area contributed by atoms with E-state index in [0.29, 0.717) is 0 Å². The number of pyridine rings is 2. The lowest BCUT2D eigenvalue weighted by molar-refractivity contribution is 0.662. The minimum atomic E-state index is 1.06. The summed E-state index contributed by atoms with van der Waals surface area (Å²) in [5.74, 6) is 0. The molecule has 2 heteroatoms. The number of benzene rings is 3. The molecule has 2 heterocycles. The van der Waals surface area contributed by atoms with E-state index in [1.807, 2.05) is 0 Å². The average molecular weight is 423 g/mol. The van der Waals surface area contributed by atoms with E-state index in [4.69, 9.17) is 9.97 Å². The fourth-order valence-electron chi connectivity index (χ4n) is 5.22. The molecular weight excluding hydrogens is 388 g/mol. The van der Waals surface area contributed by atoms with E-state index in [2.05, 4.69) is 62.4 Å². The van der Waals surface area contributed by atoms with E-state index in [1.54, 1.807) is 0 Å². The number of hydrogen-bond donors (Lipinski definition) is 0. The molecular formula is C30H34N2. The molecule has 0 unspecified atom stereocenters. The van der Waals surface area contributed by atoms with Gasteiger partial charge in [-0.25, -0.2) is 0 Å². The molecule has 32 heavy (non-hydrogen) atoms. The highest BCUT2D eigenvalue weighted by atomic mass is 14.7. The van der Waals surface area contributed by atoms with Gasteiger partial charge in [-0.15, -0.1) is 0 Å². The van der Waals surface area contributed by atoms with Gasteiger partial charge in [0.2, 0.25) is 0 Å². The molecule has 0 aliphatic carbocycles. The summed E-state index contributed by atoms with van der Waals surface area (Å²) in [6, 6.07) is 18.0. The summed E-state index contributed by atoms with van der Waals surface area (Å²) in [5, 5.41) is 7.67. The van der Waals surface area contributed by atoms with Crippen LogP contribution >= 0.6 is 0 Å². The van der Waals surface area contributed by atoms with Gasteiger partial charge in [0.15, 0.2) is 0 Å². The van der Waals surface area contributed by atoms with Crippen LogP contribution in [0.4, 0.5) is 0 Å². The van der Waals surface area contributed by atoms with Crippen molar-refractivity contribution >= 4 is 43.4 Å². The van der Waals surface area contributed by atoms with Gasteiger partial charge in [-0.05, 0) is 48.6 Å². The van der Waals surface area contributed by atoms with Crippen molar-refractivity contribution in [2.45, 2.75) is 78.1 Å². The van der Waals surface area contributed by atoms with E-state index in [-0.39, 0.29) is 0 Å². The van der Waals surface area contributed by atoms with Gasteiger partial charge in [0, 0.05) is 32.9 Å². The Kier molecular flexibility index (Phi) is 6.21. The van der Waals surface area contributed by atoms with Gasteiger partial charge < -0.3 is 0 Å². The molecule has 5 rings (SSSR count). The lowest BCUT2D eigenvalue weighted by Gasteiger charge is -2.16. The van der Waals surface area contributed by atoms with E-state index < -0.39 is 0 Å². The van der Waals surface area contributed by atoms with Crippen LogP contribution in [0, 0.1) is 0 Å². The van der Waals surface area contributed by atoms with E-state index in [0.717, 1.165) is 23.9 Å². The minimum absolute atomic E-state index is 1.06. The molecule has 0 N–H and O–H groups in total. The fraction of sp³-hybridized carbons (Fsp3) is 0.400. The first kappa shape index (κ1) is 21.1. The average Bonchev–Trinajstić information content (AvgIpc) is 2.83. The van der Waals surface area contributed by atoms with Crippen LogP contribution in [-0.4, -0.2) is 9.97 Å². The van der Waals surface area contributed by atoms with Crippen LogP contribution in [0.3, 0.4) is 0 Å². The number of fused-ring (bicyclic) bond motifs is 3. The molecule has 2 aromatic heterocycles. The fourth-order valence-corrected chi connectivity index (χ4v) is 5.22. The second kappa shape index (κ2) is 9.40. The summed E-state index contributed by atoms with van der Waals surface area (Å²) in [6.45, 7) is 4.53. The van der Waals surface area contributed by atoms with Crippen LogP contribution in [0.5, 0.6) is 0 Å². The largest absolute Gasteiger partial charge is 0.252 e. The quantitative estimate of drug-likeness (QED) is 0.128. The predicted octanol–water partition coefficient (Wildman–Crippen LogP) is 8.77. The predicted molar refractivity (Wildman–Crippen MR) is 139 cm³/mol. The Labute approximate surface area is 191 Å². The van der Waals surface area contributed by atoms with Crippen LogP contribution in [-0.2, 0) is 12.8 Å². The van der Waals surface area contributed by atoms with Gasteiger partial charge in [-0.3, -0.25) is 9.97 Å². The second-order valence-corrected chi connectivity index (χ2v) is 9.35. The molecule has 0 fully saturated rings. The normalized spacial score (nSPS) is 12.1. The van der Waals surface area contributed by atoms with Crippen molar-refractivity contribution in [3.63, 3.8) is 0 Å². The van der Waals surface area contributed by atoms with E-state index in [9.17, 15) is 0 Å². The summed E-state index contributed by atoms with van der Waals surface area (Å²) in [7, 11) is 0. The highest BCUT2D eigenvalue weighted by molar-refractivity contribution is 6.31. The molecule has 0 saturated carbocycles. The van der Waals surface area contributed by atoms with E-state index in [1.165, 1.54) is 95.1 Å². The maximum atomic E-state index is 5.22. The van der Waals surface area contributed by atoms with Gasteiger partial charge in [0.1, 0.15) is 0 Å². The number of nitrogens with zero attached hydrogens (tertiary/aromatic N) is 2. The Balaban J connectivity index is 1.67. The van der Waals surface area contributed by atoms with Crippen LogP contribution in [0.1, 0.15) is 76.6 Å². The summed E-state index contributed by atoms with van der Waals surface area (Å²) in [4.78, 5) is 10.4. The minimum Gasteiger partial charge on any atom is -0.252 e. The van der Waals surface area contributed by atoms with Crippen LogP contribution in [0.25, 0.3) is 43.4 Å². The Bertz CT molecular complexity index is 1250. The summed E-state index contributed by atoms with van der Waals surface area (Å²) in [6.07, 6.45) is 12.3. The molecule has 0 aliphatic rings. The SMILES string of the molecule is CCCCCCc1cc2ccc3cc(CCCCCC)nc4c5ccccc5c(n1)c2c34. The maximum absolute atomic E-state index is 5.22. The zero-order valence-electron chi connectivity index (χ0n) is 19.6.